The summed E-state index contributed by atoms with van der Waals surface area (Å²) in [6, 6.07) is 7.06. The van der Waals surface area contributed by atoms with Crippen LogP contribution in [0.3, 0.4) is 0 Å². The minimum atomic E-state index is -0.337. The summed E-state index contributed by atoms with van der Waals surface area (Å²) in [5, 5.41) is 10.7. The van der Waals surface area contributed by atoms with Crippen molar-refractivity contribution in [2.24, 2.45) is 0 Å². The number of halogens is 1. The molecule has 1 N–H and O–H groups in total. The van der Waals surface area contributed by atoms with Gasteiger partial charge in [-0.1, -0.05) is 11.6 Å². The van der Waals surface area contributed by atoms with Crippen LogP contribution < -0.4 is 4.74 Å². The van der Waals surface area contributed by atoms with Crippen molar-refractivity contribution in [2.75, 3.05) is 19.8 Å². The number of rotatable bonds is 5. The van der Waals surface area contributed by atoms with Crippen LogP contribution in [0.5, 0.6) is 5.75 Å². The lowest BCUT2D eigenvalue weighted by Crippen LogP contribution is -2.52. The van der Waals surface area contributed by atoms with E-state index in [1.54, 1.807) is 29.2 Å². The Balaban J connectivity index is 1.68. The lowest BCUT2D eigenvalue weighted by Gasteiger charge is -2.37. The first-order chi connectivity index (χ1) is 12.5. The largest absolute Gasteiger partial charge is 0.486 e. The molecule has 0 unspecified atom stereocenters. The third kappa shape index (κ3) is 4.35. The molecular weight excluding hydrogens is 376 g/mol. The summed E-state index contributed by atoms with van der Waals surface area (Å²) >= 11 is 7.20. The van der Waals surface area contributed by atoms with E-state index in [4.69, 9.17) is 21.1 Å². The third-order valence-electron chi connectivity index (χ3n) is 4.18. The molecule has 1 fully saturated rings. The molecule has 6 nitrogen and oxygen atoms in total. The number of ether oxygens (including phenoxy) is 2. The highest BCUT2D eigenvalue weighted by Crippen LogP contribution is 2.24. The molecule has 2 atom stereocenters. The van der Waals surface area contributed by atoms with Crippen molar-refractivity contribution in [3.05, 3.63) is 44.9 Å². The number of aromatic nitrogens is 1. The first-order valence-corrected chi connectivity index (χ1v) is 9.55. The molecule has 0 radical (unpaired) electrons. The molecule has 140 valence electrons. The molecule has 1 amide bonds. The fraction of sp³-hybridized carbons (Fsp3) is 0.444. The lowest BCUT2D eigenvalue weighted by atomic mass is 10.2. The second-order valence-electron chi connectivity index (χ2n) is 6.21. The molecule has 26 heavy (non-hydrogen) atoms. The minimum Gasteiger partial charge on any atom is -0.486 e. The van der Waals surface area contributed by atoms with E-state index in [1.807, 2.05) is 13.8 Å². The zero-order valence-corrected chi connectivity index (χ0v) is 16.2. The molecule has 3 rings (SSSR count). The summed E-state index contributed by atoms with van der Waals surface area (Å²) < 4.78 is 11.2. The standard InChI is InChI=1S/C18H21ClN2O4S/c1-11-9-24-15(8-22)7-21(11)18(23)17-12(2)20-16(26-17)10-25-14-5-3-13(19)4-6-14/h3-6,11,15,22H,7-10H2,1-2H3/t11-,15-/m1/s1. The van der Waals surface area contributed by atoms with Crippen molar-refractivity contribution in [3.8, 4) is 5.75 Å². The Morgan fingerprint density at radius 2 is 2.19 bits per heavy atom. The van der Waals surface area contributed by atoms with Crippen molar-refractivity contribution in [1.82, 2.24) is 9.88 Å². The summed E-state index contributed by atoms with van der Waals surface area (Å²) in [7, 11) is 0. The minimum absolute atomic E-state index is 0.0411. The Bertz CT molecular complexity index is 765. The van der Waals surface area contributed by atoms with Crippen LogP contribution in [-0.4, -0.2) is 52.8 Å². The Morgan fingerprint density at radius 1 is 1.46 bits per heavy atom. The number of morpholine rings is 1. The van der Waals surface area contributed by atoms with Crippen LogP contribution in [0.2, 0.25) is 5.02 Å². The van der Waals surface area contributed by atoms with E-state index in [-0.39, 0.29) is 24.7 Å². The van der Waals surface area contributed by atoms with Gasteiger partial charge in [0, 0.05) is 11.6 Å². The summed E-state index contributed by atoms with van der Waals surface area (Å²) in [5.41, 5.74) is 0.689. The van der Waals surface area contributed by atoms with Crippen LogP contribution in [0.1, 0.15) is 27.3 Å². The SMILES string of the molecule is Cc1nc(COc2ccc(Cl)cc2)sc1C(=O)N1C[C@H](CO)OC[C@H]1C. The summed E-state index contributed by atoms with van der Waals surface area (Å²) in [5.74, 6) is 0.620. The van der Waals surface area contributed by atoms with E-state index in [0.717, 1.165) is 5.01 Å². The number of hydrogen-bond acceptors (Lipinski definition) is 6. The van der Waals surface area contributed by atoms with Crippen LogP contribution in [0, 0.1) is 6.92 Å². The number of carbonyl (C=O) groups is 1. The van der Waals surface area contributed by atoms with Gasteiger partial charge in [0.2, 0.25) is 0 Å². The van der Waals surface area contributed by atoms with E-state index in [0.29, 0.717) is 41.1 Å². The summed E-state index contributed by atoms with van der Waals surface area (Å²) in [6.45, 7) is 4.75. The molecule has 1 aromatic carbocycles. The van der Waals surface area contributed by atoms with Gasteiger partial charge in [0.25, 0.3) is 5.91 Å². The summed E-state index contributed by atoms with van der Waals surface area (Å²) in [4.78, 5) is 19.7. The Labute approximate surface area is 161 Å². The number of aryl methyl sites for hydroxylation is 1. The van der Waals surface area contributed by atoms with Crippen molar-refractivity contribution in [1.29, 1.82) is 0 Å². The van der Waals surface area contributed by atoms with Gasteiger partial charge in [-0.2, -0.15) is 0 Å². The molecule has 0 saturated carbocycles. The highest BCUT2D eigenvalue weighted by atomic mass is 35.5. The van der Waals surface area contributed by atoms with Crippen molar-refractivity contribution in [2.45, 2.75) is 32.6 Å². The third-order valence-corrected chi connectivity index (χ3v) is 5.55. The number of aliphatic hydroxyl groups is 1. The van der Waals surface area contributed by atoms with Crippen molar-refractivity contribution < 1.29 is 19.4 Å². The average molecular weight is 397 g/mol. The normalized spacial score (nSPS) is 20.2. The Kier molecular flexibility index (Phi) is 6.13. The molecule has 1 aliphatic rings. The highest BCUT2D eigenvalue weighted by molar-refractivity contribution is 7.13. The number of amides is 1. The zero-order valence-electron chi connectivity index (χ0n) is 14.6. The molecule has 0 spiro atoms. The van der Waals surface area contributed by atoms with Gasteiger partial charge in [-0.15, -0.1) is 11.3 Å². The average Bonchev–Trinajstić information content (AvgIpc) is 3.02. The smallest absolute Gasteiger partial charge is 0.266 e. The van der Waals surface area contributed by atoms with Crippen LogP contribution in [0.4, 0.5) is 0 Å². The number of benzene rings is 1. The van der Waals surface area contributed by atoms with Crippen LogP contribution in [0.15, 0.2) is 24.3 Å². The lowest BCUT2D eigenvalue weighted by molar-refractivity contribution is -0.0666. The molecule has 0 bridgehead atoms. The first-order valence-electron chi connectivity index (χ1n) is 8.36. The highest BCUT2D eigenvalue weighted by Gasteiger charge is 2.31. The molecule has 2 heterocycles. The number of thiazole rings is 1. The Hall–Kier alpha value is -1.67. The van der Waals surface area contributed by atoms with Crippen molar-refractivity contribution in [3.63, 3.8) is 0 Å². The van der Waals surface area contributed by atoms with E-state index in [1.165, 1.54) is 11.3 Å². The molecule has 1 aliphatic heterocycles. The maximum atomic E-state index is 12.9. The second-order valence-corrected chi connectivity index (χ2v) is 7.73. The molecule has 8 heteroatoms. The van der Waals surface area contributed by atoms with Gasteiger partial charge >= 0.3 is 0 Å². The van der Waals surface area contributed by atoms with Gasteiger partial charge < -0.3 is 19.5 Å². The second kappa shape index (κ2) is 8.35. The number of aliphatic hydroxyl groups excluding tert-OH is 1. The first kappa shape index (κ1) is 19.1. The van der Waals surface area contributed by atoms with Gasteiger partial charge in [-0.05, 0) is 38.1 Å². The van der Waals surface area contributed by atoms with E-state index < -0.39 is 0 Å². The zero-order chi connectivity index (χ0) is 18.7. The quantitative estimate of drug-likeness (QED) is 0.841. The topological polar surface area (TPSA) is 71.9 Å². The molecule has 2 aromatic rings. The monoisotopic (exact) mass is 396 g/mol. The predicted molar refractivity (Wildman–Crippen MR) is 100.0 cm³/mol. The maximum Gasteiger partial charge on any atom is 0.266 e. The van der Waals surface area contributed by atoms with E-state index in [9.17, 15) is 9.90 Å². The number of hydrogen-bond donors (Lipinski definition) is 1. The van der Waals surface area contributed by atoms with Crippen LogP contribution >= 0.6 is 22.9 Å². The fourth-order valence-corrected chi connectivity index (χ4v) is 3.79. The summed E-state index contributed by atoms with van der Waals surface area (Å²) in [6.07, 6.45) is -0.337. The number of nitrogens with zero attached hydrogens (tertiary/aromatic N) is 2. The molecule has 1 saturated heterocycles. The Morgan fingerprint density at radius 3 is 2.88 bits per heavy atom. The van der Waals surface area contributed by atoms with Gasteiger partial charge in [-0.25, -0.2) is 4.98 Å². The van der Waals surface area contributed by atoms with Gasteiger partial charge in [0.1, 0.15) is 22.2 Å². The number of carbonyl (C=O) groups excluding carboxylic acids is 1. The van der Waals surface area contributed by atoms with E-state index in [2.05, 4.69) is 4.98 Å². The van der Waals surface area contributed by atoms with Crippen LogP contribution in [0.25, 0.3) is 0 Å². The molecule has 0 aliphatic carbocycles. The fourth-order valence-electron chi connectivity index (χ4n) is 2.73. The maximum absolute atomic E-state index is 12.9. The van der Waals surface area contributed by atoms with E-state index >= 15 is 0 Å². The van der Waals surface area contributed by atoms with Crippen LogP contribution in [-0.2, 0) is 11.3 Å². The van der Waals surface area contributed by atoms with Crippen molar-refractivity contribution >= 4 is 28.8 Å². The molecular formula is C18H21ClN2O4S. The van der Waals surface area contributed by atoms with Gasteiger partial charge in [0.15, 0.2) is 0 Å². The molecule has 1 aromatic heterocycles. The van der Waals surface area contributed by atoms with Gasteiger partial charge in [0.05, 0.1) is 31.1 Å². The predicted octanol–water partition coefficient (Wildman–Crippen LogP) is 2.91. The van der Waals surface area contributed by atoms with Gasteiger partial charge in [-0.3, -0.25) is 4.79 Å².